The summed E-state index contributed by atoms with van der Waals surface area (Å²) in [5.74, 6) is 0.0281. The van der Waals surface area contributed by atoms with E-state index < -0.39 is 0 Å². The van der Waals surface area contributed by atoms with Gasteiger partial charge in [-0.25, -0.2) is 4.39 Å². The second-order valence-corrected chi connectivity index (χ2v) is 5.51. The summed E-state index contributed by atoms with van der Waals surface area (Å²) in [6, 6.07) is 6.25. The summed E-state index contributed by atoms with van der Waals surface area (Å²) in [7, 11) is 0. The Morgan fingerprint density at radius 2 is 2.09 bits per heavy atom. The van der Waals surface area contributed by atoms with E-state index in [1.165, 1.54) is 6.07 Å². The predicted molar refractivity (Wildman–Crippen MR) is 85.4 cm³/mol. The van der Waals surface area contributed by atoms with Crippen LogP contribution in [0, 0.1) is 11.7 Å². The molecule has 0 aliphatic carbocycles. The first-order valence-electron chi connectivity index (χ1n) is 7.32. The van der Waals surface area contributed by atoms with Gasteiger partial charge in [-0.05, 0) is 25.0 Å². The Balaban J connectivity index is 2.07. The lowest BCUT2D eigenvalue weighted by Gasteiger charge is -2.11. The topological polar surface area (TPSA) is 46.9 Å². The Kier molecular flexibility index (Phi) is 5.55. The van der Waals surface area contributed by atoms with Crippen LogP contribution in [0.15, 0.2) is 30.5 Å². The third-order valence-corrected chi connectivity index (χ3v) is 3.98. The number of nitrogens with zero attached hydrogens (tertiary/aromatic N) is 2. The minimum Gasteiger partial charge on any atom is -0.309 e. The average molecular weight is 324 g/mol. The summed E-state index contributed by atoms with van der Waals surface area (Å²) in [5.41, 5.74) is 0.380. The van der Waals surface area contributed by atoms with Gasteiger partial charge in [-0.15, -0.1) is 0 Å². The summed E-state index contributed by atoms with van der Waals surface area (Å²) >= 11 is 6.00. The number of hydrogen-bond donors (Lipinski definition) is 1. The first-order chi connectivity index (χ1) is 10.5. The van der Waals surface area contributed by atoms with Crippen LogP contribution in [0.25, 0.3) is 0 Å². The molecule has 0 aliphatic heterocycles. The Labute approximate surface area is 134 Å². The van der Waals surface area contributed by atoms with Gasteiger partial charge in [0, 0.05) is 28.8 Å². The van der Waals surface area contributed by atoms with Crippen molar-refractivity contribution in [2.24, 2.45) is 5.92 Å². The molecule has 0 saturated heterocycles. The lowest BCUT2D eigenvalue weighted by Crippen LogP contribution is -2.22. The first kappa shape index (κ1) is 16.5. The van der Waals surface area contributed by atoms with Crippen LogP contribution in [0.3, 0.4) is 0 Å². The van der Waals surface area contributed by atoms with Crippen molar-refractivity contribution in [3.63, 3.8) is 0 Å². The van der Waals surface area contributed by atoms with E-state index in [0.29, 0.717) is 16.4 Å². The number of aromatic nitrogens is 2. The molecule has 0 aliphatic rings. The maximum atomic E-state index is 13.8. The quantitative estimate of drug-likeness (QED) is 0.870. The van der Waals surface area contributed by atoms with Crippen LogP contribution >= 0.6 is 11.6 Å². The van der Waals surface area contributed by atoms with Crippen molar-refractivity contribution >= 4 is 23.3 Å². The van der Waals surface area contributed by atoms with Crippen LogP contribution in [0.4, 0.5) is 10.2 Å². The van der Waals surface area contributed by atoms with Gasteiger partial charge < -0.3 is 5.32 Å². The molecule has 2 aromatic rings. The molecule has 2 rings (SSSR count). The van der Waals surface area contributed by atoms with Crippen molar-refractivity contribution in [2.75, 3.05) is 5.32 Å². The van der Waals surface area contributed by atoms with E-state index in [2.05, 4.69) is 10.4 Å². The first-order valence-corrected chi connectivity index (χ1v) is 7.70. The van der Waals surface area contributed by atoms with Crippen LogP contribution < -0.4 is 5.32 Å². The fraction of sp³-hybridized carbons (Fsp3) is 0.375. The number of nitrogens with one attached hydrogen (secondary N) is 1. The molecule has 0 spiro atoms. The maximum Gasteiger partial charge on any atom is 0.228 e. The molecule has 1 heterocycles. The van der Waals surface area contributed by atoms with Gasteiger partial charge in [-0.3, -0.25) is 9.48 Å². The number of hydrogen-bond acceptors (Lipinski definition) is 2. The van der Waals surface area contributed by atoms with E-state index >= 15 is 0 Å². The Bertz CT molecular complexity index is 632. The van der Waals surface area contributed by atoms with Gasteiger partial charge in [0.15, 0.2) is 5.82 Å². The van der Waals surface area contributed by atoms with Crippen LogP contribution in [-0.4, -0.2) is 15.7 Å². The van der Waals surface area contributed by atoms with Crippen molar-refractivity contribution in [3.05, 3.63) is 46.9 Å². The monoisotopic (exact) mass is 323 g/mol. The van der Waals surface area contributed by atoms with Gasteiger partial charge in [0.2, 0.25) is 5.91 Å². The Morgan fingerprint density at radius 1 is 1.36 bits per heavy atom. The van der Waals surface area contributed by atoms with Gasteiger partial charge in [-0.1, -0.05) is 31.5 Å². The highest BCUT2D eigenvalue weighted by atomic mass is 35.5. The van der Waals surface area contributed by atoms with Crippen LogP contribution in [0.2, 0.25) is 5.02 Å². The molecule has 0 unspecified atom stereocenters. The molecule has 6 heteroatoms. The van der Waals surface area contributed by atoms with Crippen LogP contribution in [0.5, 0.6) is 0 Å². The highest BCUT2D eigenvalue weighted by Gasteiger charge is 2.15. The molecule has 1 amide bonds. The van der Waals surface area contributed by atoms with Crippen molar-refractivity contribution in [1.29, 1.82) is 0 Å². The second kappa shape index (κ2) is 7.40. The summed E-state index contributed by atoms with van der Waals surface area (Å²) in [6.07, 6.45) is 3.26. The molecule has 4 nitrogen and oxygen atoms in total. The fourth-order valence-corrected chi connectivity index (χ4v) is 2.47. The number of carbonyl (C=O) groups excluding carboxylic acids is 1. The molecule has 0 radical (unpaired) electrons. The molecular formula is C16H19ClFN3O. The molecule has 1 aromatic carbocycles. The lowest BCUT2D eigenvalue weighted by atomic mass is 10.0. The smallest absolute Gasteiger partial charge is 0.228 e. The summed E-state index contributed by atoms with van der Waals surface area (Å²) in [5, 5.41) is 7.38. The van der Waals surface area contributed by atoms with Gasteiger partial charge in [0.25, 0.3) is 0 Å². The predicted octanol–water partition coefficient (Wildman–Crippen LogP) is 4.10. The van der Waals surface area contributed by atoms with Crippen molar-refractivity contribution in [1.82, 2.24) is 9.78 Å². The average Bonchev–Trinajstić information content (AvgIpc) is 2.91. The zero-order valence-electron chi connectivity index (χ0n) is 12.6. The molecule has 1 N–H and O–H groups in total. The number of halogens is 2. The van der Waals surface area contributed by atoms with Crippen molar-refractivity contribution in [2.45, 2.75) is 33.2 Å². The molecule has 118 valence electrons. The minimum atomic E-state index is -0.370. The zero-order valence-corrected chi connectivity index (χ0v) is 13.4. The molecule has 0 bridgehead atoms. The van der Waals surface area contributed by atoms with E-state index in [4.69, 9.17) is 11.6 Å². The van der Waals surface area contributed by atoms with E-state index in [1.807, 2.05) is 13.8 Å². The van der Waals surface area contributed by atoms with Gasteiger partial charge >= 0.3 is 0 Å². The van der Waals surface area contributed by atoms with Crippen LogP contribution in [0.1, 0.15) is 32.3 Å². The number of carbonyl (C=O) groups is 1. The highest BCUT2D eigenvalue weighted by molar-refractivity contribution is 6.31. The van der Waals surface area contributed by atoms with Crippen molar-refractivity contribution in [3.8, 4) is 0 Å². The minimum absolute atomic E-state index is 0.0221. The number of amides is 1. The summed E-state index contributed by atoms with van der Waals surface area (Å²) in [4.78, 5) is 12.0. The normalized spacial score (nSPS) is 11.0. The van der Waals surface area contributed by atoms with Gasteiger partial charge in [-0.2, -0.15) is 5.10 Å². The Morgan fingerprint density at radius 3 is 2.73 bits per heavy atom. The zero-order chi connectivity index (χ0) is 16.1. The maximum absolute atomic E-state index is 13.8. The fourth-order valence-electron chi connectivity index (χ4n) is 2.25. The van der Waals surface area contributed by atoms with Crippen LogP contribution in [-0.2, 0) is 11.3 Å². The van der Waals surface area contributed by atoms with E-state index in [0.717, 1.165) is 12.8 Å². The highest BCUT2D eigenvalue weighted by Crippen LogP contribution is 2.20. The molecule has 22 heavy (non-hydrogen) atoms. The van der Waals surface area contributed by atoms with E-state index in [1.54, 1.807) is 29.1 Å². The standard InChI is InChI=1S/C16H19ClFN3O/c1-3-11(4-2)16(22)19-15-8-9-21(20-15)10-12-13(17)6-5-7-14(12)18/h5-9,11H,3-4,10H2,1-2H3,(H,19,20,22). The van der Waals surface area contributed by atoms with Gasteiger partial charge in [0.05, 0.1) is 6.54 Å². The molecule has 1 aromatic heterocycles. The summed E-state index contributed by atoms with van der Waals surface area (Å²) < 4.78 is 15.3. The van der Waals surface area contributed by atoms with E-state index in [9.17, 15) is 9.18 Å². The molecular weight excluding hydrogens is 305 g/mol. The molecule has 0 saturated carbocycles. The third-order valence-electron chi connectivity index (χ3n) is 3.63. The number of benzene rings is 1. The van der Waals surface area contributed by atoms with Gasteiger partial charge in [0.1, 0.15) is 5.82 Å². The number of rotatable bonds is 6. The molecule has 0 fully saturated rings. The summed E-state index contributed by atoms with van der Waals surface area (Å²) in [6.45, 7) is 4.17. The third kappa shape index (κ3) is 3.85. The largest absolute Gasteiger partial charge is 0.309 e. The SMILES string of the molecule is CCC(CC)C(=O)Nc1ccn(Cc2c(F)cccc2Cl)n1. The lowest BCUT2D eigenvalue weighted by molar-refractivity contribution is -0.120. The second-order valence-electron chi connectivity index (χ2n) is 5.10. The Hall–Kier alpha value is -1.88. The molecule has 0 atom stereocenters. The van der Waals surface area contributed by atoms with Crippen molar-refractivity contribution < 1.29 is 9.18 Å². The number of anilines is 1. The van der Waals surface area contributed by atoms with E-state index in [-0.39, 0.29) is 24.2 Å².